The van der Waals surface area contributed by atoms with Gasteiger partial charge in [0.05, 0.1) is 14.8 Å². The first-order chi connectivity index (χ1) is 12.8. The highest BCUT2D eigenvalue weighted by Gasteiger charge is 2.29. The zero-order valence-electron chi connectivity index (χ0n) is 14.1. The third-order valence-electron chi connectivity index (χ3n) is 4.19. The molecule has 0 amide bonds. The maximum Gasteiger partial charge on any atom is 0.312 e. The number of hydrogen-bond donors (Lipinski definition) is 0. The normalized spacial score (nSPS) is 15.5. The second-order valence-electron chi connectivity index (χ2n) is 6.03. The smallest absolute Gasteiger partial charge is 0.312 e. The molecule has 0 aliphatic carbocycles. The summed E-state index contributed by atoms with van der Waals surface area (Å²) in [4.78, 5) is 10.6. The first-order valence-corrected chi connectivity index (χ1v) is 10.4. The second kappa shape index (κ2) is 8.02. The fraction of sp³-hybridized carbons (Fsp3) is 0.294. The topological polar surface area (TPSA) is 89.8 Å². The van der Waals surface area contributed by atoms with Crippen LogP contribution in [0.15, 0.2) is 41.3 Å². The summed E-state index contributed by atoms with van der Waals surface area (Å²) < 4.78 is 32.4. The molecule has 144 valence electrons. The number of halogens is 2. The van der Waals surface area contributed by atoms with Gasteiger partial charge in [0.15, 0.2) is 0 Å². The number of piperidine rings is 1. The summed E-state index contributed by atoms with van der Waals surface area (Å²) in [7, 11) is -3.80. The van der Waals surface area contributed by atoms with E-state index in [-0.39, 0.29) is 21.4 Å². The molecule has 0 unspecified atom stereocenters. The van der Waals surface area contributed by atoms with Crippen LogP contribution in [0.25, 0.3) is 0 Å². The van der Waals surface area contributed by atoms with E-state index in [1.54, 1.807) is 6.07 Å². The first kappa shape index (κ1) is 19.9. The first-order valence-electron chi connectivity index (χ1n) is 8.20. The van der Waals surface area contributed by atoms with Crippen molar-refractivity contribution in [1.29, 1.82) is 0 Å². The number of ether oxygens (including phenoxy) is 1. The lowest BCUT2D eigenvalue weighted by molar-refractivity contribution is -0.385. The molecule has 0 radical (unpaired) electrons. The number of nitro benzene ring substituents is 1. The van der Waals surface area contributed by atoms with Crippen LogP contribution < -0.4 is 4.74 Å². The van der Waals surface area contributed by atoms with Gasteiger partial charge < -0.3 is 4.74 Å². The van der Waals surface area contributed by atoms with Crippen molar-refractivity contribution in [1.82, 2.24) is 4.31 Å². The molecule has 1 aliphatic rings. The molecule has 10 heteroatoms. The number of nitro groups is 1. The number of hydrogen-bond acceptors (Lipinski definition) is 5. The minimum atomic E-state index is -3.80. The lowest BCUT2D eigenvalue weighted by Gasteiger charge is -2.25. The lowest BCUT2D eigenvalue weighted by atomic mass is 10.2. The van der Waals surface area contributed by atoms with E-state index in [1.807, 2.05) is 0 Å². The Balaban J connectivity index is 1.98. The van der Waals surface area contributed by atoms with Crippen LogP contribution in [-0.2, 0) is 10.0 Å². The molecule has 1 fully saturated rings. The molecule has 1 heterocycles. The number of sulfonamides is 1. The number of rotatable bonds is 5. The zero-order chi connectivity index (χ0) is 19.6. The van der Waals surface area contributed by atoms with Gasteiger partial charge >= 0.3 is 5.69 Å². The lowest BCUT2D eigenvalue weighted by Crippen LogP contribution is -2.35. The van der Waals surface area contributed by atoms with E-state index in [2.05, 4.69) is 0 Å². The predicted octanol–water partition coefficient (Wildman–Crippen LogP) is 4.87. The third-order valence-corrected chi connectivity index (χ3v) is 6.64. The third kappa shape index (κ3) is 4.35. The Morgan fingerprint density at radius 2 is 1.70 bits per heavy atom. The molecule has 0 spiro atoms. The van der Waals surface area contributed by atoms with E-state index in [4.69, 9.17) is 27.9 Å². The summed E-state index contributed by atoms with van der Waals surface area (Å²) in [6.07, 6.45) is 2.52. The molecule has 0 atom stereocenters. The summed E-state index contributed by atoms with van der Waals surface area (Å²) in [5.74, 6) is 0.0145. The van der Waals surface area contributed by atoms with Gasteiger partial charge in [0.25, 0.3) is 0 Å². The number of nitrogens with zero attached hydrogens (tertiary/aromatic N) is 2. The second-order valence-corrected chi connectivity index (χ2v) is 8.81. The number of benzene rings is 2. The molecule has 2 aromatic carbocycles. The standard InChI is InChI=1S/C17H16Cl2N2O5S/c18-12-4-6-14(19)17(10-12)26-16-7-5-13(11-15(16)21(22)23)27(24,25)20-8-2-1-3-9-20/h4-7,10-11H,1-3,8-9H2. The van der Waals surface area contributed by atoms with Crippen molar-refractivity contribution < 1.29 is 18.1 Å². The Bertz CT molecular complexity index is 975. The van der Waals surface area contributed by atoms with Crippen LogP contribution in [-0.4, -0.2) is 30.7 Å². The van der Waals surface area contributed by atoms with Crippen molar-refractivity contribution in [3.05, 3.63) is 56.6 Å². The van der Waals surface area contributed by atoms with Gasteiger partial charge in [0.1, 0.15) is 5.75 Å². The van der Waals surface area contributed by atoms with Crippen LogP contribution in [0.3, 0.4) is 0 Å². The van der Waals surface area contributed by atoms with Crippen LogP contribution in [0.5, 0.6) is 11.5 Å². The molecule has 27 heavy (non-hydrogen) atoms. The minimum Gasteiger partial charge on any atom is -0.449 e. The Labute approximate surface area is 166 Å². The largest absolute Gasteiger partial charge is 0.449 e. The van der Waals surface area contributed by atoms with Crippen LogP contribution in [0.4, 0.5) is 5.69 Å². The molecular weight excluding hydrogens is 415 g/mol. The highest BCUT2D eigenvalue weighted by Crippen LogP contribution is 2.38. The molecule has 0 saturated carbocycles. The Morgan fingerprint density at radius 1 is 1.00 bits per heavy atom. The van der Waals surface area contributed by atoms with Crippen molar-refractivity contribution in [2.75, 3.05) is 13.1 Å². The molecule has 1 saturated heterocycles. The van der Waals surface area contributed by atoms with Gasteiger partial charge in [-0.05, 0) is 37.1 Å². The molecule has 0 bridgehead atoms. The van der Waals surface area contributed by atoms with Crippen LogP contribution in [0.2, 0.25) is 10.0 Å². The summed E-state index contributed by atoms with van der Waals surface area (Å²) in [5, 5.41) is 12.0. The minimum absolute atomic E-state index is 0.123. The van der Waals surface area contributed by atoms with Crippen LogP contribution in [0.1, 0.15) is 19.3 Å². The summed E-state index contributed by atoms with van der Waals surface area (Å²) >= 11 is 11.9. The Kier molecular flexibility index (Phi) is 5.90. The highest BCUT2D eigenvalue weighted by molar-refractivity contribution is 7.89. The van der Waals surface area contributed by atoms with Gasteiger partial charge in [0, 0.05) is 30.2 Å². The molecule has 3 rings (SSSR count). The van der Waals surface area contributed by atoms with E-state index >= 15 is 0 Å². The van der Waals surface area contributed by atoms with Gasteiger partial charge in [-0.1, -0.05) is 29.6 Å². The Morgan fingerprint density at radius 3 is 2.37 bits per heavy atom. The van der Waals surface area contributed by atoms with Gasteiger partial charge in [0.2, 0.25) is 15.8 Å². The monoisotopic (exact) mass is 430 g/mol. The van der Waals surface area contributed by atoms with E-state index in [0.717, 1.165) is 25.3 Å². The van der Waals surface area contributed by atoms with Crippen molar-refractivity contribution >= 4 is 38.9 Å². The molecule has 2 aromatic rings. The van der Waals surface area contributed by atoms with Gasteiger partial charge in [-0.2, -0.15) is 4.31 Å². The Hall–Kier alpha value is -1.87. The van der Waals surface area contributed by atoms with Crippen molar-refractivity contribution in [2.24, 2.45) is 0 Å². The average Bonchev–Trinajstić information content (AvgIpc) is 2.65. The molecule has 0 aromatic heterocycles. The SMILES string of the molecule is O=[N+]([O-])c1cc(S(=O)(=O)N2CCCCC2)ccc1Oc1cc(Cl)ccc1Cl. The van der Waals surface area contributed by atoms with Gasteiger partial charge in [-0.15, -0.1) is 0 Å². The van der Waals surface area contributed by atoms with E-state index in [9.17, 15) is 18.5 Å². The quantitative estimate of drug-likeness (QED) is 0.498. The molecule has 7 nitrogen and oxygen atoms in total. The molecule has 1 aliphatic heterocycles. The maximum absolute atomic E-state index is 12.8. The van der Waals surface area contributed by atoms with Crippen molar-refractivity contribution in [3.8, 4) is 11.5 Å². The molecule has 0 N–H and O–H groups in total. The summed E-state index contributed by atoms with van der Waals surface area (Å²) in [6.45, 7) is 0.818. The van der Waals surface area contributed by atoms with Crippen molar-refractivity contribution in [2.45, 2.75) is 24.2 Å². The van der Waals surface area contributed by atoms with Crippen LogP contribution >= 0.6 is 23.2 Å². The van der Waals surface area contributed by atoms with E-state index in [0.29, 0.717) is 18.1 Å². The summed E-state index contributed by atoms with van der Waals surface area (Å²) in [5.41, 5.74) is -0.468. The van der Waals surface area contributed by atoms with Crippen LogP contribution in [0, 0.1) is 10.1 Å². The molecular formula is C17H16Cl2N2O5S. The summed E-state index contributed by atoms with van der Waals surface area (Å²) in [6, 6.07) is 8.04. The average molecular weight is 431 g/mol. The van der Waals surface area contributed by atoms with Gasteiger partial charge in [-0.25, -0.2) is 8.42 Å². The zero-order valence-corrected chi connectivity index (χ0v) is 16.4. The highest BCUT2D eigenvalue weighted by atomic mass is 35.5. The maximum atomic E-state index is 12.8. The fourth-order valence-electron chi connectivity index (χ4n) is 2.81. The van der Waals surface area contributed by atoms with E-state index in [1.165, 1.54) is 28.6 Å². The van der Waals surface area contributed by atoms with E-state index < -0.39 is 20.6 Å². The fourth-order valence-corrected chi connectivity index (χ4v) is 4.67. The van der Waals surface area contributed by atoms with Gasteiger partial charge in [-0.3, -0.25) is 10.1 Å². The predicted molar refractivity (Wildman–Crippen MR) is 102 cm³/mol. The van der Waals surface area contributed by atoms with Crippen molar-refractivity contribution in [3.63, 3.8) is 0 Å².